The topological polar surface area (TPSA) is 46.5 Å². The molecule has 0 aromatic heterocycles. The minimum Gasteiger partial charge on any atom is -0.496 e. The van der Waals surface area contributed by atoms with Crippen molar-refractivity contribution >= 4 is 21.7 Å². The van der Waals surface area contributed by atoms with Crippen LogP contribution in [0.15, 0.2) is 22.7 Å². The van der Waals surface area contributed by atoms with Crippen LogP contribution >= 0.6 is 15.9 Å². The molecule has 0 aliphatic carbocycles. The van der Waals surface area contributed by atoms with Crippen LogP contribution < -0.4 is 4.74 Å². The average molecular weight is 309 g/mol. The van der Waals surface area contributed by atoms with Gasteiger partial charge in [-0.3, -0.25) is 4.79 Å². The van der Waals surface area contributed by atoms with Gasteiger partial charge in [-0.25, -0.2) is 0 Å². The third kappa shape index (κ3) is 2.81. The van der Waals surface area contributed by atoms with Gasteiger partial charge in [0.2, 0.25) is 0 Å². The number of aliphatic hydroxyl groups is 1. The maximum absolute atomic E-state index is 13.7. The molecular formula is C11H11BrF2O3. The zero-order chi connectivity index (χ0) is 13.2. The minimum atomic E-state index is -3.64. The van der Waals surface area contributed by atoms with Crippen LogP contribution in [0.4, 0.5) is 8.78 Å². The van der Waals surface area contributed by atoms with Crippen molar-refractivity contribution in [3.05, 3.63) is 28.2 Å². The molecule has 1 unspecified atom stereocenters. The lowest BCUT2D eigenvalue weighted by Gasteiger charge is -2.21. The number of rotatable bonds is 4. The first-order chi connectivity index (χ1) is 7.80. The zero-order valence-corrected chi connectivity index (χ0v) is 10.8. The molecule has 6 heteroatoms. The third-order valence-corrected chi connectivity index (χ3v) is 2.92. The van der Waals surface area contributed by atoms with Gasteiger partial charge in [0, 0.05) is 5.56 Å². The first kappa shape index (κ1) is 14.1. The molecular weight excluding hydrogens is 298 g/mol. The Morgan fingerprint density at radius 3 is 2.59 bits per heavy atom. The Labute approximate surface area is 106 Å². The molecule has 1 N–H and O–H groups in total. The Hall–Kier alpha value is -1.01. The van der Waals surface area contributed by atoms with Crippen LogP contribution in [0.3, 0.4) is 0 Å². The first-order valence-electron chi connectivity index (χ1n) is 4.71. The van der Waals surface area contributed by atoms with Gasteiger partial charge < -0.3 is 9.84 Å². The van der Waals surface area contributed by atoms with E-state index in [9.17, 15) is 18.7 Å². The smallest absolute Gasteiger partial charge is 0.305 e. The van der Waals surface area contributed by atoms with Gasteiger partial charge in [-0.05, 0) is 35.0 Å². The number of alkyl halides is 2. The number of halogens is 3. The zero-order valence-electron chi connectivity index (χ0n) is 9.21. The van der Waals surface area contributed by atoms with Gasteiger partial charge in [0.05, 0.1) is 11.6 Å². The van der Waals surface area contributed by atoms with Crippen LogP contribution in [-0.2, 0) is 10.7 Å². The highest BCUT2D eigenvalue weighted by Gasteiger charge is 2.43. The van der Waals surface area contributed by atoms with Crippen LogP contribution in [-0.4, -0.2) is 24.1 Å². The second-order valence-corrected chi connectivity index (χ2v) is 4.34. The first-order valence-corrected chi connectivity index (χ1v) is 5.50. The molecule has 0 fully saturated rings. The molecule has 1 aromatic rings. The third-order valence-electron chi connectivity index (χ3n) is 2.26. The van der Waals surface area contributed by atoms with Crippen LogP contribution in [0.2, 0.25) is 0 Å². The summed E-state index contributed by atoms with van der Waals surface area (Å²) in [7, 11) is 1.34. The lowest BCUT2D eigenvalue weighted by molar-refractivity contribution is -0.152. The maximum atomic E-state index is 13.7. The summed E-state index contributed by atoms with van der Waals surface area (Å²) in [5.74, 6) is -4.42. The van der Waals surface area contributed by atoms with Crippen molar-refractivity contribution in [2.45, 2.75) is 19.0 Å². The molecule has 3 nitrogen and oxygen atoms in total. The lowest BCUT2D eigenvalue weighted by atomic mass is 10.0. The summed E-state index contributed by atoms with van der Waals surface area (Å²) in [6.07, 6.45) is -2.35. The van der Waals surface area contributed by atoms with E-state index in [-0.39, 0.29) is 5.75 Å². The van der Waals surface area contributed by atoms with Crippen molar-refractivity contribution in [3.63, 3.8) is 0 Å². The summed E-state index contributed by atoms with van der Waals surface area (Å²) in [6, 6.07) is 3.57. The summed E-state index contributed by atoms with van der Waals surface area (Å²) >= 11 is 3.12. The molecule has 0 aliphatic rings. The Morgan fingerprint density at radius 1 is 1.53 bits per heavy atom. The molecule has 0 aliphatic heterocycles. The fraction of sp³-hybridized carbons (Fsp3) is 0.364. The van der Waals surface area contributed by atoms with Gasteiger partial charge in [-0.15, -0.1) is 0 Å². The number of Topliss-reactive ketones (excluding diaryl/α,β-unsaturated/α-hetero) is 1. The fourth-order valence-electron chi connectivity index (χ4n) is 1.28. The highest BCUT2D eigenvalue weighted by atomic mass is 79.9. The predicted octanol–water partition coefficient (Wildman–Crippen LogP) is 2.50. The maximum Gasteiger partial charge on any atom is 0.305 e. The molecule has 0 bridgehead atoms. The number of methoxy groups -OCH3 is 1. The fourth-order valence-corrected chi connectivity index (χ4v) is 1.69. The average Bonchev–Trinajstić information content (AvgIpc) is 2.28. The van der Waals surface area contributed by atoms with E-state index < -0.39 is 23.4 Å². The molecule has 0 spiro atoms. The SMILES string of the molecule is COc1cc(C(F)(F)C(O)C(C)=O)ccc1Br. The van der Waals surface area contributed by atoms with E-state index in [4.69, 9.17) is 4.74 Å². The summed E-state index contributed by atoms with van der Waals surface area (Å²) < 4.78 is 32.8. The van der Waals surface area contributed by atoms with E-state index >= 15 is 0 Å². The summed E-state index contributed by atoms with van der Waals surface area (Å²) in [5, 5.41) is 9.19. The molecule has 1 rings (SSSR count). The van der Waals surface area contributed by atoms with Crippen molar-refractivity contribution in [1.82, 2.24) is 0 Å². The van der Waals surface area contributed by atoms with Crippen molar-refractivity contribution in [2.24, 2.45) is 0 Å². The lowest BCUT2D eigenvalue weighted by Crippen LogP contribution is -2.36. The molecule has 0 saturated carbocycles. The molecule has 0 radical (unpaired) electrons. The number of ketones is 1. The largest absolute Gasteiger partial charge is 0.496 e. The summed E-state index contributed by atoms with van der Waals surface area (Å²) in [6.45, 7) is 0.911. The van der Waals surface area contributed by atoms with Crippen molar-refractivity contribution in [1.29, 1.82) is 0 Å². The number of hydrogen-bond acceptors (Lipinski definition) is 3. The molecule has 1 atom stereocenters. The van der Waals surface area contributed by atoms with Crippen LogP contribution in [0.5, 0.6) is 5.75 Å². The molecule has 0 amide bonds. The standard InChI is InChI=1S/C11H11BrF2O3/c1-6(15)10(16)11(13,14)7-3-4-8(12)9(5-7)17-2/h3-5,10,16H,1-2H3. The molecule has 94 valence electrons. The van der Waals surface area contributed by atoms with Gasteiger partial charge in [-0.2, -0.15) is 8.78 Å². The number of carbonyl (C=O) groups is 1. The molecule has 0 saturated heterocycles. The number of aliphatic hydroxyl groups excluding tert-OH is 1. The highest BCUT2D eigenvalue weighted by Crippen LogP contribution is 2.36. The Bertz CT molecular complexity index is 435. The second kappa shape index (κ2) is 5.10. The van der Waals surface area contributed by atoms with E-state index in [1.807, 2.05) is 0 Å². The van der Waals surface area contributed by atoms with E-state index in [0.29, 0.717) is 4.47 Å². The minimum absolute atomic E-state index is 0.206. The monoisotopic (exact) mass is 308 g/mol. The predicted molar refractivity (Wildman–Crippen MR) is 61.3 cm³/mol. The Morgan fingerprint density at radius 2 is 2.12 bits per heavy atom. The van der Waals surface area contributed by atoms with Gasteiger partial charge in [0.25, 0.3) is 0 Å². The van der Waals surface area contributed by atoms with Gasteiger partial charge in [-0.1, -0.05) is 6.07 Å². The second-order valence-electron chi connectivity index (χ2n) is 3.49. The molecule has 0 heterocycles. The number of hydrogen-bond donors (Lipinski definition) is 1. The summed E-state index contributed by atoms with van der Waals surface area (Å²) in [4.78, 5) is 10.8. The van der Waals surface area contributed by atoms with E-state index in [1.54, 1.807) is 0 Å². The summed E-state index contributed by atoms with van der Waals surface area (Å²) in [5.41, 5.74) is -0.472. The van der Waals surface area contributed by atoms with Gasteiger partial charge in [0.1, 0.15) is 5.75 Å². The number of carbonyl (C=O) groups excluding carboxylic acids is 1. The van der Waals surface area contributed by atoms with Crippen molar-refractivity contribution in [2.75, 3.05) is 7.11 Å². The van der Waals surface area contributed by atoms with Crippen LogP contribution in [0, 0.1) is 0 Å². The quantitative estimate of drug-likeness (QED) is 0.929. The molecule has 17 heavy (non-hydrogen) atoms. The Kier molecular flexibility index (Phi) is 4.21. The van der Waals surface area contributed by atoms with E-state index in [2.05, 4.69) is 15.9 Å². The normalized spacial score (nSPS) is 13.3. The Balaban J connectivity index is 3.19. The van der Waals surface area contributed by atoms with Gasteiger partial charge in [0.15, 0.2) is 11.9 Å². The van der Waals surface area contributed by atoms with Crippen LogP contribution in [0.25, 0.3) is 0 Å². The van der Waals surface area contributed by atoms with Crippen LogP contribution in [0.1, 0.15) is 12.5 Å². The van der Waals surface area contributed by atoms with Gasteiger partial charge >= 0.3 is 5.92 Å². The number of benzene rings is 1. The van der Waals surface area contributed by atoms with E-state index in [0.717, 1.165) is 19.1 Å². The van der Waals surface area contributed by atoms with Crippen molar-refractivity contribution in [3.8, 4) is 5.75 Å². The highest BCUT2D eigenvalue weighted by molar-refractivity contribution is 9.10. The van der Waals surface area contributed by atoms with Crippen molar-refractivity contribution < 1.29 is 23.4 Å². The number of ether oxygens (including phenoxy) is 1. The molecule has 1 aromatic carbocycles. The van der Waals surface area contributed by atoms with E-state index in [1.165, 1.54) is 13.2 Å².